The summed E-state index contributed by atoms with van der Waals surface area (Å²) in [6, 6.07) is 15.6. The average molecular weight is 400 g/mol. The molecule has 1 aliphatic heterocycles. The molecule has 0 fully saturated rings. The highest BCUT2D eigenvalue weighted by molar-refractivity contribution is 6.07. The van der Waals surface area contributed by atoms with E-state index in [9.17, 15) is 9.59 Å². The monoisotopic (exact) mass is 400 g/mol. The molecule has 0 saturated heterocycles. The van der Waals surface area contributed by atoms with Crippen LogP contribution in [0.1, 0.15) is 47.4 Å². The minimum absolute atomic E-state index is 0.0436. The third-order valence-corrected chi connectivity index (χ3v) is 6.20. The van der Waals surface area contributed by atoms with Crippen molar-refractivity contribution in [2.75, 3.05) is 4.90 Å². The third kappa shape index (κ3) is 2.96. The van der Waals surface area contributed by atoms with Crippen molar-refractivity contribution in [1.82, 2.24) is 4.98 Å². The van der Waals surface area contributed by atoms with Gasteiger partial charge in [0.25, 0.3) is 5.91 Å². The topological polar surface area (TPSA) is 59.5 Å². The molecule has 5 heteroatoms. The number of ether oxygens (including phenoxy) is 1. The minimum Gasteiger partial charge on any atom is -0.449 e. The van der Waals surface area contributed by atoms with Crippen molar-refractivity contribution >= 4 is 28.5 Å². The Kier molecular flexibility index (Phi) is 4.54. The molecule has 0 radical (unpaired) electrons. The normalized spacial score (nSPS) is 18.2. The Morgan fingerprint density at radius 3 is 2.73 bits per heavy atom. The lowest BCUT2D eigenvalue weighted by molar-refractivity contribution is -0.126. The van der Waals surface area contributed by atoms with Crippen LogP contribution in [0.15, 0.2) is 48.5 Å². The highest BCUT2D eigenvalue weighted by Gasteiger charge is 2.35. The lowest BCUT2D eigenvalue weighted by atomic mass is 10.0. The second-order valence-electron chi connectivity index (χ2n) is 8.22. The van der Waals surface area contributed by atoms with Gasteiger partial charge in [-0.3, -0.25) is 9.78 Å². The van der Waals surface area contributed by atoms with Crippen LogP contribution in [0, 0.1) is 0 Å². The summed E-state index contributed by atoms with van der Waals surface area (Å²) in [7, 11) is 0. The number of carbonyl (C=O) groups is 2. The second-order valence-corrected chi connectivity index (χ2v) is 8.22. The zero-order chi connectivity index (χ0) is 20.8. The van der Waals surface area contributed by atoms with Gasteiger partial charge in [-0.2, -0.15) is 0 Å². The number of hydrogen-bond donors (Lipinski definition) is 0. The van der Waals surface area contributed by atoms with E-state index in [0.717, 1.165) is 59.1 Å². The van der Waals surface area contributed by atoms with E-state index in [-0.39, 0.29) is 11.9 Å². The second kappa shape index (κ2) is 7.24. The van der Waals surface area contributed by atoms with E-state index in [1.54, 1.807) is 11.8 Å². The number of rotatable bonds is 3. The van der Waals surface area contributed by atoms with Crippen molar-refractivity contribution in [3.05, 3.63) is 70.9 Å². The molecule has 1 aromatic heterocycles. The number of aromatic nitrogens is 1. The first-order valence-corrected chi connectivity index (χ1v) is 10.6. The molecule has 2 aliphatic rings. The molecule has 1 amide bonds. The van der Waals surface area contributed by atoms with Crippen LogP contribution in [0.25, 0.3) is 10.9 Å². The summed E-state index contributed by atoms with van der Waals surface area (Å²) >= 11 is 0. The van der Waals surface area contributed by atoms with E-state index in [1.807, 2.05) is 55.5 Å². The molecule has 2 aromatic carbocycles. The fourth-order valence-electron chi connectivity index (χ4n) is 4.81. The summed E-state index contributed by atoms with van der Waals surface area (Å²) in [6.45, 7) is 3.69. The number of esters is 1. The molecule has 0 unspecified atom stereocenters. The van der Waals surface area contributed by atoms with Crippen LogP contribution in [-0.2, 0) is 28.8 Å². The number of aryl methyl sites for hydroxylation is 1. The van der Waals surface area contributed by atoms with Crippen molar-refractivity contribution in [2.45, 2.75) is 51.7 Å². The average Bonchev–Trinajstić information content (AvgIpc) is 3.34. The van der Waals surface area contributed by atoms with E-state index in [0.29, 0.717) is 5.56 Å². The van der Waals surface area contributed by atoms with Crippen molar-refractivity contribution in [2.24, 2.45) is 0 Å². The van der Waals surface area contributed by atoms with Gasteiger partial charge >= 0.3 is 5.97 Å². The van der Waals surface area contributed by atoms with Gasteiger partial charge in [0.05, 0.1) is 11.1 Å². The van der Waals surface area contributed by atoms with Crippen molar-refractivity contribution in [3.63, 3.8) is 0 Å². The molecule has 0 bridgehead atoms. The molecular weight excluding hydrogens is 376 g/mol. The smallest absolute Gasteiger partial charge is 0.339 e. The summed E-state index contributed by atoms with van der Waals surface area (Å²) in [6.07, 6.45) is 2.61. The molecule has 5 rings (SSSR count). The standard InChI is InChI=1S/C25H24N2O3/c1-15-14-17-8-3-6-13-22(17)27(15)24(28)16(2)30-25(29)23-18-9-4-5-11-20(18)26-21-12-7-10-19(21)23/h3-6,8-9,11,13,15-16H,7,10,12,14H2,1-2H3/t15-,16-/m0/s1. The number of amides is 1. The quantitative estimate of drug-likeness (QED) is 0.617. The number of anilines is 1. The first kappa shape index (κ1) is 18.8. The molecule has 5 nitrogen and oxygen atoms in total. The SMILES string of the molecule is C[C@H](OC(=O)c1c2c(nc3ccccc13)CCC2)C(=O)N1c2ccccc2C[C@@H]1C. The van der Waals surface area contributed by atoms with Gasteiger partial charge in [0, 0.05) is 22.8 Å². The van der Waals surface area contributed by atoms with Crippen LogP contribution < -0.4 is 4.90 Å². The van der Waals surface area contributed by atoms with Crippen LogP contribution in [0.4, 0.5) is 5.69 Å². The van der Waals surface area contributed by atoms with Gasteiger partial charge < -0.3 is 9.64 Å². The highest BCUT2D eigenvalue weighted by Crippen LogP contribution is 2.33. The highest BCUT2D eigenvalue weighted by atomic mass is 16.5. The number of nitrogens with zero attached hydrogens (tertiary/aromatic N) is 2. The van der Waals surface area contributed by atoms with Crippen LogP contribution in [-0.4, -0.2) is 29.0 Å². The van der Waals surface area contributed by atoms with E-state index >= 15 is 0 Å². The fourth-order valence-corrected chi connectivity index (χ4v) is 4.81. The molecule has 2 atom stereocenters. The minimum atomic E-state index is -0.866. The van der Waals surface area contributed by atoms with Crippen molar-refractivity contribution < 1.29 is 14.3 Å². The number of hydrogen-bond acceptors (Lipinski definition) is 4. The van der Waals surface area contributed by atoms with Gasteiger partial charge in [-0.15, -0.1) is 0 Å². The summed E-state index contributed by atoms with van der Waals surface area (Å²) in [5.74, 6) is -0.622. The van der Waals surface area contributed by atoms with E-state index < -0.39 is 12.1 Å². The predicted molar refractivity (Wildman–Crippen MR) is 116 cm³/mol. The van der Waals surface area contributed by atoms with E-state index in [1.165, 1.54) is 0 Å². The Hall–Kier alpha value is -3.21. The Balaban J connectivity index is 1.45. The van der Waals surface area contributed by atoms with Crippen molar-refractivity contribution in [1.29, 1.82) is 0 Å². The molecule has 0 N–H and O–H groups in total. The molecule has 1 aliphatic carbocycles. The summed E-state index contributed by atoms with van der Waals surface area (Å²) in [5.41, 5.74) is 5.37. The largest absolute Gasteiger partial charge is 0.449 e. The maximum atomic E-state index is 13.3. The molecule has 30 heavy (non-hydrogen) atoms. The third-order valence-electron chi connectivity index (χ3n) is 6.20. The molecule has 0 spiro atoms. The summed E-state index contributed by atoms with van der Waals surface area (Å²) in [5, 5.41) is 0.794. The Labute approximate surface area is 175 Å². The number of fused-ring (bicyclic) bond motifs is 3. The Bertz CT molecular complexity index is 1170. The summed E-state index contributed by atoms with van der Waals surface area (Å²) < 4.78 is 5.75. The molecular formula is C25H24N2O3. The van der Waals surface area contributed by atoms with Gasteiger partial charge in [-0.25, -0.2) is 4.79 Å². The zero-order valence-electron chi connectivity index (χ0n) is 17.2. The van der Waals surface area contributed by atoms with Crippen molar-refractivity contribution in [3.8, 4) is 0 Å². The summed E-state index contributed by atoms with van der Waals surface area (Å²) in [4.78, 5) is 33.0. The molecule has 2 heterocycles. The molecule has 0 saturated carbocycles. The van der Waals surface area contributed by atoms with Crippen LogP contribution in [0.2, 0.25) is 0 Å². The Morgan fingerprint density at radius 1 is 1.10 bits per heavy atom. The number of carbonyl (C=O) groups excluding carboxylic acids is 2. The van der Waals surface area contributed by atoms with Gasteiger partial charge in [-0.1, -0.05) is 36.4 Å². The first-order chi connectivity index (χ1) is 14.5. The van der Waals surface area contributed by atoms with Crippen LogP contribution >= 0.6 is 0 Å². The predicted octanol–water partition coefficient (Wildman–Crippen LogP) is 4.25. The zero-order valence-corrected chi connectivity index (χ0v) is 17.2. The lowest BCUT2D eigenvalue weighted by Gasteiger charge is -2.26. The van der Waals surface area contributed by atoms with Crippen LogP contribution in [0.3, 0.4) is 0 Å². The van der Waals surface area contributed by atoms with Crippen LogP contribution in [0.5, 0.6) is 0 Å². The van der Waals surface area contributed by atoms with E-state index in [2.05, 4.69) is 0 Å². The van der Waals surface area contributed by atoms with Gasteiger partial charge in [0.2, 0.25) is 0 Å². The fraction of sp³-hybridized carbons (Fsp3) is 0.320. The number of benzene rings is 2. The maximum absolute atomic E-state index is 13.3. The Morgan fingerprint density at radius 2 is 1.87 bits per heavy atom. The van der Waals surface area contributed by atoms with Gasteiger partial charge in [-0.05, 0) is 62.8 Å². The maximum Gasteiger partial charge on any atom is 0.339 e. The van der Waals surface area contributed by atoms with Gasteiger partial charge in [0.1, 0.15) is 0 Å². The van der Waals surface area contributed by atoms with E-state index in [4.69, 9.17) is 9.72 Å². The van der Waals surface area contributed by atoms with Gasteiger partial charge in [0.15, 0.2) is 6.10 Å². The first-order valence-electron chi connectivity index (χ1n) is 10.6. The number of pyridine rings is 1. The lowest BCUT2D eigenvalue weighted by Crippen LogP contribution is -2.43. The number of para-hydroxylation sites is 2. The molecule has 152 valence electrons. The molecule has 3 aromatic rings.